The Kier molecular flexibility index (Phi) is 9.04. The minimum atomic E-state index is -0.179. The summed E-state index contributed by atoms with van der Waals surface area (Å²) in [7, 11) is 0. The average Bonchev–Trinajstić information content (AvgIpc) is 2.80. The first-order valence-electron chi connectivity index (χ1n) is 15.0. The molecule has 2 aromatic rings. The van der Waals surface area contributed by atoms with Crippen LogP contribution >= 0.6 is 0 Å². The van der Waals surface area contributed by atoms with E-state index >= 15 is 0 Å². The van der Waals surface area contributed by atoms with Crippen LogP contribution in [0.15, 0.2) is 34.3 Å². The van der Waals surface area contributed by atoms with Crippen LogP contribution < -0.4 is 0 Å². The lowest BCUT2D eigenvalue weighted by atomic mass is 9.79. The Hall–Kier alpha value is -2.62. The van der Waals surface area contributed by atoms with Crippen LogP contribution in [-0.4, -0.2) is 34.7 Å². The second kappa shape index (κ2) is 11.3. The van der Waals surface area contributed by atoms with Gasteiger partial charge in [-0.25, -0.2) is 0 Å². The van der Waals surface area contributed by atoms with Gasteiger partial charge in [-0.05, 0) is 57.8 Å². The molecule has 40 heavy (non-hydrogen) atoms. The number of aliphatic imine (C=N–C) groups is 2. The summed E-state index contributed by atoms with van der Waals surface area (Å²) in [5.74, 6) is 0.637. The average molecular weight is 547 g/mol. The number of hydrogen-bond acceptors (Lipinski definition) is 4. The van der Waals surface area contributed by atoms with Crippen LogP contribution in [0.3, 0.4) is 0 Å². The van der Waals surface area contributed by atoms with Gasteiger partial charge in [0.15, 0.2) is 0 Å². The first-order chi connectivity index (χ1) is 18.2. The molecule has 4 nitrogen and oxygen atoms in total. The summed E-state index contributed by atoms with van der Waals surface area (Å²) in [5.41, 5.74) is 5.39. The molecule has 0 unspecified atom stereocenters. The molecule has 1 aliphatic carbocycles. The Morgan fingerprint density at radius 3 is 1.15 bits per heavy atom. The largest absolute Gasteiger partial charge is 0.507 e. The van der Waals surface area contributed by atoms with Gasteiger partial charge in [0.2, 0.25) is 0 Å². The van der Waals surface area contributed by atoms with Crippen LogP contribution in [0.2, 0.25) is 0 Å². The number of benzene rings is 2. The summed E-state index contributed by atoms with van der Waals surface area (Å²) in [5, 5.41) is 22.5. The van der Waals surface area contributed by atoms with E-state index in [0.29, 0.717) is 11.5 Å². The molecule has 1 saturated carbocycles. The second-order valence-electron chi connectivity index (χ2n) is 15.9. The van der Waals surface area contributed by atoms with Crippen LogP contribution in [0.1, 0.15) is 142 Å². The molecular formula is C36H54N2O2. The predicted octanol–water partition coefficient (Wildman–Crippen LogP) is 9.14. The van der Waals surface area contributed by atoms with E-state index in [-0.39, 0.29) is 33.7 Å². The third kappa shape index (κ3) is 7.56. The van der Waals surface area contributed by atoms with Crippen LogP contribution in [0, 0.1) is 0 Å². The number of phenolic OH excluding ortho intramolecular Hbond substituents is 2. The molecule has 220 valence electrons. The van der Waals surface area contributed by atoms with Gasteiger partial charge in [-0.1, -0.05) is 108 Å². The zero-order valence-electron chi connectivity index (χ0n) is 27.2. The number of nitrogens with zero attached hydrogens (tertiary/aromatic N) is 2. The monoisotopic (exact) mass is 546 g/mol. The molecule has 0 saturated heterocycles. The topological polar surface area (TPSA) is 65.2 Å². The van der Waals surface area contributed by atoms with Crippen molar-refractivity contribution >= 4 is 12.4 Å². The maximum atomic E-state index is 11.2. The summed E-state index contributed by atoms with van der Waals surface area (Å²) in [6.45, 7) is 26.0. The molecule has 4 heteroatoms. The van der Waals surface area contributed by atoms with Crippen molar-refractivity contribution < 1.29 is 10.2 Å². The van der Waals surface area contributed by atoms with E-state index in [2.05, 4.69) is 107 Å². The van der Waals surface area contributed by atoms with Gasteiger partial charge in [0.1, 0.15) is 11.5 Å². The summed E-state index contributed by atoms with van der Waals surface area (Å²) >= 11 is 0. The van der Waals surface area contributed by atoms with Crippen molar-refractivity contribution in [3.63, 3.8) is 0 Å². The predicted molar refractivity (Wildman–Crippen MR) is 172 cm³/mol. The van der Waals surface area contributed by atoms with Crippen molar-refractivity contribution in [2.24, 2.45) is 9.98 Å². The van der Waals surface area contributed by atoms with Crippen molar-refractivity contribution in [2.45, 2.75) is 143 Å². The maximum Gasteiger partial charge on any atom is 0.128 e. The molecule has 0 bridgehead atoms. The standard InChI is InChI=1S/C36H54N2O2/c1-33(2,3)25-17-23(31(39)27(19-25)35(7,8)9)21-37-29-15-13-14-16-30(29)38-22-24-18-26(34(4,5)6)20-28(32(24)40)36(10,11)12/h17-22,29-30,39-40H,13-16H2,1-12H3/t29-,30-/m0/s1. The lowest BCUT2D eigenvalue weighted by molar-refractivity contribution is 0.389. The summed E-state index contributed by atoms with van der Waals surface area (Å²) < 4.78 is 0. The van der Waals surface area contributed by atoms with Gasteiger partial charge in [0.05, 0.1) is 12.1 Å². The highest BCUT2D eigenvalue weighted by atomic mass is 16.3. The van der Waals surface area contributed by atoms with E-state index in [1.807, 2.05) is 12.4 Å². The molecule has 2 N–H and O–H groups in total. The number of phenols is 2. The van der Waals surface area contributed by atoms with E-state index in [1.165, 1.54) is 11.1 Å². The summed E-state index contributed by atoms with van der Waals surface area (Å²) in [6, 6.07) is 8.53. The zero-order valence-corrected chi connectivity index (χ0v) is 27.2. The van der Waals surface area contributed by atoms with Gasteiger partial charge < -0.3 is 10.2 Å². The first-order valence-corrected chi connectivity index (χ1v) is 15.0. The van der Waals surface area contributed by atoms with E-state index in [4.69, 9.17) is 9.98 Å². The van der Waals surface area contributed by atoms with Crippen molar-refractivity contribution in [3.05, 3.63) is 57.6 Å². The van der Waals surface area contributed by atoms with Gasteiger partial charge in [-0.2, -0.15) is 0 Å². The first kappa shape index (κ1) is 31.9. The molecule has 0 radical (unpaired) electrons. The fourth-order valence-corrected chi connectivity index (χ4v) is 5.31. The van der Waals surface area contributed by atoms with E-state index in [0.717, 1.165) is 47.9 Å². The highest BCUT2D eigenvalue weighted by molar-refractivity contribution is 5.86. The molecule has 2 atom stereocenters. The quantitative estimate of drug-likeness (QED) is 0.376. The van der Waals surface area contributed by atoms with E-state index in [9.17, 15) is 10.2 Å². The van der Waals surface area contributed by atoms with Crippen molar-refractivity contribution in [2.75, 3.05) is 0 Å². The Morgan fingerprint density at radius 2 is 0.875 bits per heavy atom. The van der Waals surface area contributed by atoms with Gasteiger partial charge in [-0.3, -0.25) is 9.98 Å². The molecule has 3 rings (SSSR count). The molecule has 0 amide bonds. The SMILES string of the molecule is CC(C)(C)c1cc(C=N[C@H]2CCCC[C@@H]2N=Cc2cc(C(C)(C)C)cc(C(C)(C)C)c2O)c(O)c(C(C)(C)C)c1. The Bertz CT molecular complexity index is 1160. The molecule has 0 spiro atoms. The molecule has 0 aromatic heterocycles. The fourth-order valence-electron chi connectivity index (χ4n) is 5.31. The minimum absolute atomic E-state index is 0.0378. The Balaban J connectivity index is 2.00. The summed E-state index contributed by atoms with van der Waals surface area (Å²) in [6.07, 6.45) is 7.90. The third-order valence-corrected chi connectivity index (χ3v) is 8.13. The van der Waals surface area contributed by atoms with Crippen LogP contribution in [0.4, 0.5) is 0 Å². The van der Waals surface area contributed by atoms with Crippen molar-refractivity contribution in [1.82, 2.24) is 0 Å². The second-order valence-corrected chi connectivity index (χ2v) is 15.9. The smallest absolute Gasteiger partial charge is 0.128 e. The van der Waals surface area contributed by atoms with Crippen molar-refractivity contribution in [3.8, 4) is 11.5 Å². The Labute approximate surface area is 244 Å². The minimum Gasteiger partial charge on any atom is -0.507 e. The fraction of sp³-hybridized carbons (Fsp3) is 0.611. The third-order valence-electron chi connectivity index (χ3n) is 8.13. The lowest BCUT2D eigenvalue weighted by Crippen LogP contribution is -2.27. The highest BCUT2D eigenvalue weighted by Gasteiger charge is 2.28. The number of hydrogen-bond donors (Lipinski definition) is 2. The lowest BCUT2D eigenvalue weighted by Gasteiger charge is -2.28. The van der Waals surface area contributed by atoms with Crippen molar-refractivity contribution in [1.29, 1.82) is 0 Å². The van der Waals surface area contributed by atoms with E-state index in [1.54, 1.807) is 0 Å². The van der Waals surface area contributed by atoms with Crippen LogP contribution in [0.5, 0.6) is 11.5 Å². The Morgan fingerprint density at radius 1 is 0.550 bits per heavy atom. The maximum absolute atomic E-state index is 11.2. The molecular weight excluding hydrogens is 492 g/mol. The van der Waals surface area contributed by atoms with Gasteiger partial charge >= 0.3 is 0 Å². The normalized spacial score (nSPS) is 19.6. The van der Waals surface area contributed by atoms with Gasteiger partial charge in [0, 0.05) is 34.7 Å². The number of rotatable bonds is 4. The van der Waals surface area contributed by atoms with Crippen LogP contribution in [-0.2, 0) is 21.7 Å². The van der Waals surface area contributed by atoms with Gasteiger partial charge in [-0.15, -0.1) is 0 Å². The van der Waals surface area contributed by atoms with E-state index < -0.39 is 0 Å². The molecule has 1 fully saturated rings. The molecule has 1 aliphatic rings. The van der Waals surface area contributed by atoms with Crippen LogP contribution in [0.25, 0.3) is 0 Å². The number of aromatic hydroxyl groups is 2. The summed E-state index contributed by atoms with van der Waals surface area (Å²) in [4.78, 5) is 10.1. The van der Waals surface area contributed by atoms with Gasteiger partial charge in [0.25, 0.3) is 0 Å². The zero-order chi connectivity index (χ0) is 30.3. The molecule has 0 aliphatic heterocycles. The molecule has 0 heterocycles. The molecule has 2 aromatic carbocycles. The highest BCUT2D eigenvalue weighted by Crippen LogP contribution is 2.39.